The minimum atomic E-state index is -0.570. The van der Waals surface area contributed by atoms with Crippen molar-refractivity contribution in [2.45, 2.75) is 37.8 Å². The zero-order valence-electron chi connectivity index (χ0n) is 17.4. The van der Waals surface area contributed by atoms with Crippen LogP contribution < -0.4 is 21.3 Å². The quantitative estimate of drug-likeness (QED) is 0.567. The van der Waals surface area contributed by atoms with Gasteiger partial charge in [0, 0.05) is 63.5 Å². The summed E-state index contributed by atoms with van der Waals surface area (Å²) in [7, 11) is 0. The van der Waals surface area contributed by atoms with Crippen LogP contribution in [0.3, 0.4) is 0 Å². The topological polar surface area (TPSA) is 104 Å². The molecule has 1 amide bonds. The van der Waals surface area contributed by atoms with Gasteiger partial charge in [-0.15, -0.1) is 12.4 Å². The van der Waals surface area contributed by atoms with E-state index in [9.17, 15) is 4.79 Å². The van der Waals surface area contributed by atoms with Gasteiger partial charge < -0.3 is 26.2 Å². The number of nitrogens with one attached hydrogen (secondary N) is 2. The van der Waals surface area contributed by atoms with Crippen molar-refractivity contribution in [1.29, 1.82) is 0 Å². The molecule has 0 saturated carbocycles. The van der Waals surface area contributed by atoms with E-state index in [1.165, 1.54) is 0 Å². The second kappa shape index (κ2) is 10.9. The maximum Gasteiger partial charge on any atom is 0.246 e. The molecule has 2 fully saturated rings. The fourth-order valence-electron chi connectivity index (χ4n) is 4.36. The number of hydrogen-bond acceptors (Lipinski definition) is 7. The fraction of sp³-hybridized carbons (Fsp3) is 0.650. The summed E-state index contributed by atoms with van der Waals surface area (Å²) in [5, 5.41) is 11.8. The molecule has 166 valence electrons. The zero-order valence-corrected chi connectivity index (χ0v) is 18.2. The van der Waals surface area contributed by atoms with Crippen LogP contribution in [-0.2, 0) is 11.3 Å². The zero-order chi connectivity index (χ0) is 20.1. The van der Waals surface area contributed by atoms with Crippen molar-refractivity contribution in [1.82, 2.24) is 25.3 Å². The third kappa shape index (κ3) is 5.40. The summed E-state index contributed by atoms with van der Waals surface area (Å²) in [5.41, 5.74) is 7.69. The number of rotatable bonds is 7. The maximum absolute atomic E-state index is 12.0. The molecule has 1 unspecified atom stereocenters. The molecular formula is C20H33ClN8O. The number of nitrogens with two attached hydrogens (primary N) is 1. The number of carbonyl (C=O) groups is 1. The monoisotopic (exact) mass is 436 g/mol. The van der Waals surface area contributed by atoms with E-state index in [1.54, 1.807) is 12.4 Å². The SMILES string of the molecule is Cl.NC(=O)C1C=NC=CN1c1cn(CCCN2CCNCC2)nc1C1CCNCC1. The van der Waals surface area contributed by atoms with Gasteiger partial charge in [0.25, 0.3) is 0 Å². The number of halogens is 1. The van der Waals surface area contributed by atoms with Crippen LogP contribution in [0.5, 0.6) is 0 Å². The Morgan fingerprint density at radius 2 is 1.87 bits per heavy atom. The lowest BCUT2D eigenvalue weighted by Gasteiger charge is -2.29. The number of nitrogens with zero attached hydrogens (tertiary/aromatic N) is 5. The molecular weight excluding hydrogens is 404 g/mol. The smallest absolute Gasteiger partial charge is 0.246 e. The minimum absolute atomic E-state index is 0. The van der Waals surface area contributed by atoms with Crippen molar-refractivity contribution < 1.29 is 4.79 Å². The first-order chi connectivity index (χ1) is 14.2. The standard InChI is InChI=1S/C20H32N8O.ClH/c21-20(29)17-14-24-8-13-28(17)18-15-27(10-1-9-26-11-6-23-7-12-26)25-19(18)16-2-4-22-5-3-16;/h8,13-17,22-23H,1-7,9-12H2,(H2,21,29);1H. The lowest BCUT2D eigenvalue weighted by molar-refractivity contribution is -0.117. The molecule has 0 aromatic carbocycles. The Morgan fingerprint density at radius 3 is 2.60 bits per heavy atom. The molecule has 0 radical (unpaired) electrons. The van der Waals surface area contributed by atoms with Gasteiger partial charge in [-0.2, -0.15) is 5.10 Å². The van der Waals surface area contributed by atoms with E-state index in [4.69, 9.17) is 10.8 Å². The van der Waals surface area contributed by atoms with Crippen molar-refractivity contribution in [2.24, 2.45) is 10.7 Å². The maximum atomic E-state index is 12.0. The van der Waals surface area contributed by atoms with E-state index in [0.29, 0.717) is 5.92 Å². The van der Waals surface area contributed by atoms with Crippen LogP contribution in [0, 0.1) is 0 Å². The van der Waals surface area contributed by atoms with Crippen molar-refractivity contribution >= 4 is 30.2 Å². The molecule has 0 bridgehead atoms. The first-order valence-corrected chi connectivity index (χ1v) is 10.7. The second-order valence-corrected chi connectivity index (χ2v) is 7.98. The lowest BCUT2D eigenvalue weighted by atomic mass is 9.93. The molecule has 1 aromatic rings. The third-order valence-corrected chi connectivity index (χ3v) is 5.98. The molecule has 1 aromatic heterocycles. The molecule has 30 heavy (non-hydrogen) atoms. The predicted molar refractivity (Wildman–Crippen MR) is 121 cm³/mol. The second-order valence-electron chi connectivity index (χ2n) is 7.98. The van der Waals surface area contributed by atoms with Crippen LogP contribution in [0.4, 0.5) is 5.69 Å². The van der Waals surface area contributed by atoms with Crippen LogP contribution in [-0.4, -0.2) is 78.7 Å². The summed E-state index contributed by atoms with van der Waals surface area (Å²) >= 11 is 0. The van der Waals surface area contributed by atoms with Gasteiger partial charge in [0.15, 0.2) is 0 Å². The Labute approximate surface area is 184 Å². The molecule has 3 aliphatic rings. The van der Waals surface area contributed by atoms with E-state index in [0.717, 1.165) is 83.0 Å². The van der Waals surface area contributed by atoms with E-state index in [1.807, 2.05) is 15.8 Å². The van der Waals surface area contributed by atoms with Gasteiger partial charge in [0.05, 0.1) is 11.4 Å². The number of amides is 1. The molecule has 2 saturated heterocycles. The summed E-state index contributed by atoms with van der Waals surface area (Å²) in [5.74, 6) is -0.0118. The van der Waals surface area contributed by atoms with Gasteiger partial charge in [-0.25, -0.2) is 0 Å². The number of aliphatic imine (C=N–C) groups is 1. The van der Waals surface area contributed by atoms with Crippen molar-refractivity contribution in [3.63, 3.8) is 0 Å². The van der Waals surface area contributed by atoms with E-state index >= 15 is 0 Å². The number of aromatic nitrogens is 2. The lowest BCUT2D eigenvalue weighted by Crippen LogP contribution is -2.44. The Hall–Kier alpha value is -1.94. The highest BCUT2D eigenvalue weighted by Crippen LogP contribution is 2.34. The number of anilines is 1. The van der Waals surface area contributed by atoms with E-state index < -0.39 is 11.9 Å². The minimum Gasteiger partial charge on any atom is -0.368 e. The van der Waals surface area contributed by atoms with E-state index in [-0.39, 0.29) is 12.4 Å². The Kier molecular flexibility index (Phi) is 8.26. The average molecular weight is 437 g/mol. The van der Waals surface area contributed by atoms with Gasteiger partial charge in [0.2, 0.25) is 5.91 Å². The van der Waals surface area contributed by atoms with Gasteiger partial charge in [-0.1, -0.05) is 0 Å². The van der Waals surface area contributed by atoms with E-state index in [2.05, 4.69) is 26.7 Å². The number of hydrogen-bond donors (Lipinski definition) is 3. The molecule has 4 N–H and O–H groups in total. The number of primary amides is 1. The summed E-state index contributed by atoms with van der Waals surface area (Å²) in [6.45, 7) is 8.32. The van der Waals surface area contributed by atoms with Crippen molar-refractivity contribution in [3.05, 3.63) is 24.3 Å². The van der Waals surface area contributed by atoms with Crippen molar-refractivity contribution in [3.8, 4) is 0 Å². The summed E-state index contributed by atoms with van der Waals surface area (Å²) in [6, 6.07) is -0.570. The van der Waals surface area contributed by atoms with Gasteiger partial charge in [-0.3, -0.25) is 14.5 Å². The molecule has 1 atom stereocenters. The molecule has 4 rings (SSSR count). The molecule has 0 aliphatic carbocycles. The van der Waals surface area contributed by atoms with Gasteiger partial charge >= 0.3 is 0 Å². The normalized spacial score (nSPS) is 22.8. The summed E-state index contributed by atoms with van der Waals surface area (Å²) < 4.78 is 2.05. The van der Waals surface area contributed by atoms with Gasteiger partial charge in [-0.05, 0) is 38.9 Å². The Bertz CT molecular complexity index is 752. The van der Waals surface area contributed by atoms with Crippen LogP contribution in [0.1, 0.15) is 30.9 Å². The average Bonchev–Trinajstić information content (AvgIpc) is 3.19. The number of aryl methyl sites for hydroxylation is 1. The summed E-state index contributed by atoms with van der Waals surface area (Å²) in [6.07, 6.45) is 10.4. The number of carbonyl (C=O) groups excluding carboxylic acids is 1. The highest BCUT2D eigenvalue weighted by Gasteiger charge is 2.30. The third-order valence-electron chi connectivity index (χ3n) is 5.98. The number of piperidine rings is 1. The number of piperazine rings is 1. The van der Waals surface area contributed by atoms with Crippen LogP contribution in [0.15, 0.2) is 23.6 Å². The molecule has 10 heteroatoms. The fourth-order valence-corrected chi connectivity index (χ4v) is 4.36. The largest absolute Gasteiger partial charge is 0.368 e. The predicted octanol–water partition coefficient (Wildman–Crippen LogP) is 0.283. The molecule has 9 nitrogen and oxygen atoms in total. The van der Waals surface area contributed by atoms with Crippen molar-refractivity contribution in [2.75, 3.05) is 50.7 Å². The molecule has 3 aliphatic heterocycles. The van der Waals surface area contributed by atoms with Crippen LogP contribution in [0.2, 0.25) is 0 Å². The Morgan fingerprint density at radius 1 is 1.13 bits per heavy atom. The highest BCUT2D eigenvalue weighted by atomic mass is 35.5. The molecule has 4 heterocycles. The van der Waals surface area contributed by atoms with Crippen LogP contribution in [0.25, 0.3) is 0 Å². The van der Waals surface area contributed by atoms with Crippen LogP contribution >= 0.6 is 12.4 Å². The molecule has 0 spiro atoms. The highest BCUT2D eigenvalue weighted by molar-refractivity contribution is 6.01. The first kappa shape index (κ1) is 22.7. The van der Waals surface area contributed by atoms with Gasteiger partial charge in [0.1, 0.15) is 6.04 Å². The first-order valence-electron chi connectivity index (χ1n) is 10.7. The Balaban J connectivity index is 0.00000256. The summed E-state index contributed by atoms with van der Waals surface area (Å²) in [4.78, 5) is 20.5.